The summed E-state index contributed by atoms with van der Waals surface area (Å²) in [5, 5.41) is 14.0. The molecule has 3 aliphatic heterocycles. The Labute approximate surface area is 212 Å². The molecule has 8 heteroatoms. The zero-order chi connectivity index (χ0) is 24.6. The lowest BCUT2D eigenvalue weighted by molar-refractivity contribution is -0.0327. The highest BCUT2D eigenvalue weighted by atomic mass is 16.5. The van der Waals surface area contributed by atoms with Gasteiger partial charge < -0.3 is 19.9 Å². The van der Waals surface area contributed by atoms with Crippen molar-refractivity contribution in [3.8, 4) is 6.07 Å². The van der Waals surface area contributed by atoms with Gasteiger partial charge in [-0.1, -0.05) is 0 Å². The van der Waals surface area contributed by atoms with Gasteiger partial charge in [0.2, 0.25) is 0 Å². The zero-order valence-corrected chi connectivity index (χ0v) is 21.0. The van der Waals surface area contributed by atoms with Crippen molar-refractivity contribution in [3.63, 3.8) is 0 Å². The van der Waals surface area contributed by atoms with Crippen LogP contribution in [0.2, 0.25) is 0 Å². The standard InChI is InChI=1S/C28H33N7O/c1-19-16-35(27-6-5-21(13-29)28-24(27)4-3-7-30-28)18-23(36-19)17-33-8-10-34(11-9-33)22-12-25-20(2)31-15-26(25)32-14-22/h3-7,12,14,19-20,23,31H,8-11,15-18H2,1-2H3/t19-,20?,23+/m1/s1. The first-order valence-electron chi connectivity index (χ1n) is 13.0. The van der Waals surface area contributed by atoms with Crippen molar-refractivity contribution in [1.82, 2.24) is 20.2 Å². The second-order valence-corrected chi connectivity index (χ2v) is 10.2. The van der Waals surface area contributed by atoms with Crippen LogP contribution < -0.4 is 15.1 Å². The van der Waals surface area contributed by atoms with Crippen molar-refractivity contribution in [1.29, 1.82) is 5.26 Å². The summed E-state index contributed by atoms with van der Waals surface area (Å²) in [4.78, 5) is 16.6. The molecular formula is C28H33N7O. The van der Waals surface area contributed by atoms with E-state index < -0.39 is 0 Å². The maximum Gasteiger partial charge on any atom is 0.101 e. The highest BCUT2D eigenvalue weighted by molar-refractivity contribution is 5.95. The smallest absolute Gasteiger partial charge is 0.101 e. The second kappa shape index (κ2) is 9.66. The van der Waals surface area contributed by atoms with Gasteiger partial charge in [0, 0.05) is 75.7 Å². The van der Waals surface area contributed by atoms with E-state index in [9.17, 15) is 5.26 Å². The van der Waals surface area contributed by atoms with E-state index >= 15 is 0 Å². The maximum atomic E-state index is 9.51. The van der Waals surface area contributed by atoms with Gasteiger partial charge >= 0.3 is 0 Å². The molecule has 36 heavy (non-hydrogen) atoms. The first-order chi connectivity index (χ1) is 17.6. The van der Waals surface area contributed by atoms with Gasteiger partial charge in [0.15, 0.2) is 0 Å². The Balaban J connectivity index is 1.11. The van der Waals surface area contributed by atoms with E-state index in [2.05, 4.69) is 63.1 Å². The van der Waals surface area contributed by atoms with Gasteiger partial charge in [-0.05, 0) is 49.7 Å². The van der Waals surface area contributed by atoms with Gasteiger partial charge in [-0.2, -0.15) is 5.26 Å². The third-order valence-corrected chi connectivity index (χ3v) is 7.76. The lowest BCUT2D eigenvalue weighted by Crippen LogP contribution is -2.54. The number of ether oxygens (including phenoxy) is 1. The molecule has 2 fully saturated rings. The fraction of sp³-hybridized carbons (Fsp3) is 0.464. The lowest BCUT2D eigenvalue weighted by Gasteiger charge is -2.42. The molecular weight excluding hydrogens is 450 g/mol. The third-order valence-electron chi connectivity index (χ3n) is 7.76. The second-order valence-electron chi connectivity index (χ2n) is 10.2. The van der Waals surface area contributed by atoms with E-state index in [0.29, 0.717) is 11.6 Å². The molecule has 1 aromatic carbocycles. The highest BCUT2D eigenvalue weighted by Gasteiger charge is 2.30. The molecule has 1 N–H and O–H groups in total. The summed E-state index contributed by atoms with van der Waals surface area (Å²) < 4.78 is 6.39. The normalized spacial score (nSPS) is 24.6. The number of hydrogen-bond donors (Lipinski definition) is 1. The number of nitrogens with one attached hydrogen (secondary N) is 1. The summed E-state index contributed by atoms with van der Waals surface area (Å²) >= 11 is 0. The predicted molar refractivity (Wildman–Crippen MR) is 141 cm³/mol. The number of benzene rings is 1. The number of aromatic nitrogens is 2. The summed E-state index contributed by atoms with van der Waals surface area (Å²) in [6, 6.07) is 13.0. The number of nitriles is 1. The molecule has 2 saturated heterocycles. The molecule has 0 bridgehead atoms. The molecule has 3 aliphatic rings. The first-order valence-corrected chi connectivity index (χ1v) is 13.0. The lowest BCUT2D eigenvalue weighted by atomic mass is 10.1. The number of anilines is 2. The topological polar surface area (TPSA) is 80.6 Å². The number of morpholine rings is 1. The van der Waals surface area contributed by atoms with Crippen molar-refractivity contribution >= 4 is 22.3 Å². The Morgan fingerprint density at radius 1 is 1.08 bits per heavy atom. The minimum absolute atomic E-state index is 0.135. The van der Waals surface area contributed by atoms with Crippen LogP contribution in [0.5, 0.6) is 0 Å². The van der Waals surface area contributed by atoms with Crippen LogP contribution in [0.1, 0.15) is 36.7 Å². The molecule has 0 saturated carbocycles. The van der Waals surface area contributed by atoms with E-state index in [0.717, 1.165) is 68.9 Å². The summed E-state index contributed by atoms with van der Waals surface area (Å²) in [5.74, 6) is 0. The van der Waals surface area contributed by atoms with Gasteiger partial charge in [0.25, 0.3) is 0 Å². The number of nitrogens with zero attached hydrogens (tertiary/aromatic N) is 6. The van der Waals surface area contributed by atoms with Crippen LogP contribution >= 0.6 is 0 Å². The summed E-state index contributed by atoms with van der Waals surface area (Å²) in [6.45, 7) is 11.9. The van der Waals surface area contributed by atoms with Gasteiger partial charge in [-0.15, -0.1) is 0 Å². The average molecular weight is 484 g/mol. The average Bonchev–Trinajstić information content (AvgIpc) is 3.28. The van der Waals surface area contributed by atoms with E-state index in [1.54, 1.807) is 6.20 Å². The molecule has 5 heterocycles. The molecule has 1 unspecified atom stereocenters. The molecule has 0 aliphatic carbocycles. The van der Waals surface area contributed by atoms with E-state index in [-0.39, 0.29) is 12.2 Å². The molecule has 0 radical (unpaired) electrons. The summed E-state index contributed by atoms with van der Waals surface area (Å²) in [5.41, 5.74) is 6.28. The number of hydrogen-bond acceptors (Lipinski definition) is 8. The van der Waals surface area contributed by atoms with Gasteiger partial charge in [-0.3, -0.25) is 14.9 Å². The molecule has 186 valence electrons. The first kappa shape index (κ1) is 23.2. The van der Waals surface area contributed by atoms with Crippen LogP contribution in [-0.4, -0.2) is 72.9 Å². The molecule has 6 rings (SSSR count). The number of pyridine rings is 2. The van der Waals surface area contributed by atoms with E-state index in [4.69, 9.17) is 9.72 Å². The number of fused-ring (bicyclic) bond motifs is 2. The fourth-order valence-electron chi connectivity index (χ4n) is 5.90. The Morgan fingerprint density at radius 2 is 1.94 bits per heavy atom. The van der Waals surface area contributed by atoms with Crippen molar-refractivity contribution < 1.29 is 4.74 Å². The van der Waals surface area contributed by atoms with Crippen molar-refractivity contribution in [2.75, 3.05) is 55.6 Å². The maximum absolute atomic E-state index is 9.51. The van der Waals surface area contributed by atoms with Crippen LogP contribution in [0.25, 0.3) is 10.9 Å². The highest BCUT2D eigenvalue weighted by Crippen LogP contribution is 2.31. The van der Waals surface area contributed by atoms with Crippen molar-refractivity contribution in [2.45, 2.75) is 38.6 Å². The third kappa shape index (κ3) is 4.39. The predicted octanol–water partition coefficient (Wildman–Crippen LogP) is 3.08. The largest absolute Gasteiger partial charge is 0.370 e. The fourth-order valence-corrected chi connectivity index (χ4v) is 5.90. The monoisotopic (exact) mass is 483 g/mol. The molecule has 3 aromatic rings. The Hall–Kier alpha value is -3.25. The molecule has 0 amide bonds. The SMILES string of the molecule is CC1NCc2ncc(N3CCN(C[C@H]4CN(c5ccc(C#N)c6ncccc56)C[C@@H](C)O4)CC3)cc21. The number of rotatable bonds is 4. The molecule has 2 aromatic heterocycles. The van der Waals surface area contributed by atoms with Gasteiger partial charge in [-0.25, -0.2) is 0 Å². The Morgan fingerprint density at radius 3 is 2.78 bits per heavy atom. The van der Waals surface area contributed by atoms with E-state index in [1.807, 2.05) is 18.3 Å². The Kier molecular flexibility index (Phi) is 6.22. The van der Waals surface area contributed by atoms with Crippen LogP contribution in [0, 0.1) is 11.3 Å². The van der Waals surface area contributed by atoms with Crippen LogP contribution in [0.4, 0.5) is 11.4 Å². The molecule has 0 spiro atoms. The van der Waals surface area contributed by atoms with Crippen molar-refractivity contribution in [2.24, 2.45) is 0 Å². The van der Waals surface area contributed by atoms with Crippen LogP contribution in [-0.2, 0) is 11.3 Å². The molecule has 3 atom stereocenters. The van der Waals surface area contributed by atoms with E-state index in [1.165, 1.54) is 16.9 Å². The number of piperazine rings is 1. The Bertz CT molecular complexity index is 1300. The zero-order valence-electron chi connectivity index (χ0n) is 21.0. The van der Waals surface area contributed by atoms with Gasteiger partial charge in [0.1, 0.15) is 6.07 Å². The summed E-state index contributed by atoms with van der Waals surface area (Å²) in [7, 11) is 0. The van der Waals surface area contributed by atoms with Crippen molar-refractivity contribution in [3.05, 3.63) is 59.5 Å². The van der Waals surface area contributed by atoms with Crippen LogP contribution in [0.3, 0.4) is 0 Å². The van der Waals surface area contributed by atoms with Crippen LogP contribution in [0.15, 0.2) is 42.7 Å². The quantitative estimate of drug-likeness (QED) is 0.607. The summed E-state index contributed by atoms with van der Waals surface area (Å²) in [6.07, 6.45) is 4.07. The van der Waals surface area contributed by atoms with Gasteiger partial charge in [0.05, 0.1) is 40.9 Å². The molecule has 8 nitrogen and oxygen atoms in total. The minimum Gasteiger partial charge on any atom is -0.370 e. The minimum atomic E-state index is 0.135.